The molecule has 2 heterocycles. The summed E-state index contributed by atoms with van der Waals surface area (Å²) in [5.74, 6) is -0.659. The molecule has 0 bridgehead atoms. The van der Waals surface area contributed by atoms with Gasteiger partial charge in [-0.05, 0) is 91.5 Å². The number of piperidine rings is 1. The molecule has 180 valence electrons. The van der Waals surface area contributed by atoms with Crippen molar-refractivity contribution in [2.24, 2.45) is 0 Å². The molecule has 5 rings (SSSR count). The number of hydrogen-bond donors (Lipinski definition) is 1. The number of aliphatic hydroxyl groups is 1. The van der Waals surface area contributed by atoms with Crippen molar-refractivity contribution < 1.29 is 18.3 Å². The number of hydrogen-bond acceptors (Lipinski definition) is 3. The van der Waals surface area contributed by atoms with Crippen molar-refractivity contribution in [3.63, 3.8) is 0 Å². The summed E-state index contributed by atoms with van der Waals surface area (Å²) in [4.78, 5) is 4.61. The Morgan fingerprint density at radius 1 is 0.882 bits per heavy atom. The number of halogens is 4. The third-order valence-electron chi connectivity index (χ3n) is 6.95. The van der Waals surface area contributed by atoms with Gasteiger partial charge in [0.15, 0.2) is 0 Å². The van der Waals surface area contributed by atoms with Crippen LogP contribution in [0.3, 0.4) is 0 Å². The topological polar surface area (TPSA) is 26.7 Å². The van der Waals surface area contributed by atoms with Crippen LogP contribution >= 0.6 is 12.4 Å². The maximum atomic E-state index is 14.1. The van der Waals surface area contributed by atoms with Crippen LogP contribution in [-0.4, -0.2) is 35.7 Å². The molecule has 0 aromatic heterocycles. The maximum absolute atomic E-state index is 14.1. The van der Waals surface area contributed by atoms with Crippen molar-refractivity contribution in [1.29, 1.82) is 0 Å². The smallest absolute Gasteiger partial charge is 0.123 e. The highest BCUT2D eigenvalue weighted by Gasteiger charge is 2.42. The Hall–Kier alpha value is -2.54. The van der Waals surface area contributed by atoms with Gasteiger partial charge in [0, 0.05) is 36.4 Å². The lowest BCUT2D eigenvalue weighted by molar-refractivity contribution is 0.145. The van der Waals surface area contributed by atoms with E-state index in [9.17, 15) is 18.3 Å². The molecule has 3 atom stereocenters. The van der Waals surface area contributed by atoms with E-state index in [1.807, 2.05) is 6.07 Å². The van der Waals surface area contributed by atoms with Crippen LogP contribution in [0.25, 0.3) is 0 Å². The first-order valence-electron chi connectivity index (χ1n) is 11.5. The molecule has 2 aliphatic rings. The molecule has 2 aliphatic heterocycles. The number of anilines is 2. The minimum Gasteiger partial charge on any atom is -0.388 e. The number of fused-ring (bicyclic) bond motifs is 3. The summed E-state index contributed by atoms with van der Waals surface area (Å²) in [7, 11) is 0. The van der Waals surface area contributed by atoms with E-state index in [4.69, 9.17) is 0 Å². The van der Waals surface area contributed by atoms with Gasteiger partial charge < -0.3 is 14.9 Å². The Morgan fingerprint density at radius 3 is 2.24 bits per heavy atom. The van der Waals surface area contributed by atoms with E-state index in [2.05, 4.69) is 9.80 Å². The third-order valence-corrected chi connectivity index (χ3v) is 6.95. The zero-order chi connectivity index (χ0) is 22.9. The maximum Gasteiger partial charge on any atom is 0.123 e. The van der Waals surface area contributed by atoms with E-state index in [-0.39, 0.29) is 41.8 Å². The van der Waals surface area contributed by atoms with Crippen LogP contribution in [-0.2, 0) is 0 Å². The standard InChI is InChI=1S/C27H27F3N2O.ClH/c28-19-5-3-18(4-6-19)27(33)2-1-14-31-15-13-26-24(17-31)23-16-21(30)9-12-25(23)32(26)22-10-7-20(29)8-11-22;/h3-12,16,24,26-27,33H,1-2,13-15,17H2;1H/t24-,26+,27?;/m1./s1. The predicted molar refractivity (Wildman–Crippen MR) is 130 cm³/mol. The van der Waals surface area contributed by atoms with Crippen LogP contribution in [0.1, 0.15) is 42.4 Å². The summed E-state index contributed by atoms with van der Waals surface area (Å²) < 4.78 is 40.7. The molecule has 1 N–H and O–H groups in total. The van der Waals surface area contributed by atoms with Gasteiger partial charge in [-0.2, -0.15) is 0 Å². The number of benzene rings is 3. The summed E-state index contributed by atoms with van der Waals surface area (Å²) in [6, 6.07) is 17.6. The van der Waals surface area contributed by atoms with Crippen molar-refractivity contribution in [1.82, 2.24) is 4.90 Å². The molecule has 34 heavy (non-hydrogen) atoms. The lowest BCUT2D eigenvalue weighted by Gasteiger charge is -2.39. The number of nitrogens with zero attached hydrogens (tertiary/aromatic N) is 2. The first-order valence-corrected chi connectivity index (χ1v) is 11.5. The van der Waals surface area contributed by atoms with Crippen LogP contribution in [0, 0.1) is 17.5 Å². The highest BCUT2D eigenvalue weighted by molar-refractivity contribution is 5.85. The molecule has 3 aromatic carbocycles. The molecular weight excluding hydrogens is 461 g/mol. The second-order valence-corrected chi connectivity index (χ2v) is 9.02. The normalized spacial score (nSPS) is 20.4. The van der Waals surface area contributed by atoms with Crippen LogP contribution in [0.4, 0.5) is 24.5 Å². The first kappa shape index (κ1) is 24.6. The summed E-state index contributed by atoms with van der Waals surface area (Å²) in [5, 5.41) is 10.4. The van der Waals surface area contributed by atoms with Crippen LogP contribution in [0.5, 0.6) is 0 Å². The summed E-state index contributed by atoms with van der Waals surface area (Å²) in [6.07, 6.45) is 1.72. The van der Waals surface area contributed by atoms with E-state index in [1.54, 1.807) is 30.3 Å². The average Bonchev–Trinajstić information content (AvgIpc) is 3.13. The molecule has 7 heteroatoms. The van der Waals surface area contributed by atoms with Gasteiger partial charge in [-0.15, -0.1) is 12.4 Å². The second-order valence-electron chi connectivity index (χ2n) is 9.02. The van der Waals surface area contributed by atoms with Crippen molar-refractivity contribution >= 4 is 23.8 Å². The highest BCUT2D eigenvalue weighted by Crippen LogP contribution is 2.48. The Morgan fingerprint density at radius 2 is 1.53 bits per heavy atom. The number of likely N-dealkylation sites (tertiary alicyclic amines) is 1. The van der Waals surface area contributed by atoms with Crippen molar-refractivity contribution in [2.45, 2.75) is 37.3 Å². The van der Waals surface area contributed by atoms with E-state index in [1.165, 1.54) is 30.3 Å². The monoisotopic (exact) mass is 488 g/mol. The summed E-state index contributed by atoms with van der Waals surface area (Å²) >= 11 is 0. The van der Waals surface area contributed by atoms with Gasteiger partial charge in [0.2, 0.25) is 0 Å². The average molecular weight is 489 g/mol. The van der Waals surface area contributed by atoms with Gasteiger partial charge in [0.25, 0.3) is 0 Å². The number of rotatable bonds is 6. The van der Waals surface area contributed by atoms with Gasteiger partial charge >= 0.3 is 0 Å². The largest absolute Gasteiger partial charge is 0.388 e. The Labute approximate surface area is 204 Å². The first-order chi connectivity index (χ1) is 16.0. The van der Waals surface area contributed by atoms with E-state index in [0.717, 1.165) is 55.0 Å². The van der Waals surface area contributed by atoms with Gasteiger partial charge in [0.1, 0.15) is 17.5 Å². The molecule has 1 unspecified atom stereocenters. The summed E-state index contributed by atoms with van der Waals surface area (Å²) in [5.41, 5.74) is 3.64. The van der Waals surface area contributed by atoms with Crippen LogP contribution < -0.4 is 4.90 Å². The fraction of sp³-hybridized carbons (Fsp3) is 0.333. The molecule has 0 saturated carbocycles. The number of aliphatic hydroxyl groups excluding tert-OH is 1. The quantitative estimate of drug-likeness (QED) is 0.438. The Kier molecular flexibility index (Phi) is 7.51. The van der Waals surface area contributed by atoms with Crippen molar-refractivity contribution in [2.75, 3.05) is 24.5 Å². The van der Waals surface area contributed by atoms with E-state index >= 15 is 0 Å². The summed E-state index contributed by atoms with van der Waals surface area (Å²) in [6.45, 7) is 2.55. The van der Waals surface area contributed by atoms with E-state index < -0.39 is 6.10 Å². The molecule has 0 radical (unpaired) electrons. The van der Waals surface area contributed by atoms with E-state index in [0.29, 0.717) is 6.42 Å². The lowest BCUT2D eigenvalue weighted by atomic mass is 9.88. The third kappa shape index (κ3) is 4.95. The Bertz CT molecular complexity index is 1110. The minimum absolute atomic E-state index is 0. The van der Waals surface area contributed by atoms with Crippen molar-refractivity contribution in [3.05, 3.63) is 95.3 Å². The van der Waals surface area contributed by atoms with Crippen LogP contribution in [0.2, 0.25) is 0 Å². The Balaban J connectivity index is 0.00000274. The van der Waals surface area contributed by atoms with Gasteiger partial charge in [-0.25, -0.2) is 13.2 Å². The molecule has 0 aliphatic carbocycles. The van der Waals surface area contributed by atoms with Crippen LogP contribution in [0.15, 0.2) is 66.7 Å². The van der Waals surface area contributed by atoms with Crippen molar-refractivity contribution in [3.8, 4) is 0 Å². The zero-order valence-corrected chi connectivity index (χ0v) is 19.5. The second kappa shape index (κ2) is 10.4. The highest BCUT2D eigenvalue weighted by atomic mass is 35.5. The SMILES string of the molecule is Cl.OC(CCCN1CC[C@H]2[C@H](C1)c1cc(F)ccc1N2c1ccc(F)cc1)c1ccc(F)cc1. The molecular formula is C27H28ClF3N2O. The zero-order valence-electron chi connectivity index (χ0n) is 18.7. The molecule has 3 aromatic rings. The molecule has 3 nitrogen and oxygen atoms in total. The molecule has 0 amide bonds. The molecule has 1 fully saturated rings. The van der Waals surface area contributed by atoms with Gasteiger partial charge in [-0.1, -0.05) is 12.1 Å². The fourth-order valence-corrected chi connectivity index (χ4v) is 5.34. The minimum atomic E-state index is -0.613. The van der Waals surface area contributed by atoms with Gasteiger partial charge in [-0.3, -0.25) is 0 Å². The van der Waals surface area contributed by atoms with Gasteiger partial charge in [0.05, 0.1) is 6.10 Å². The lowest BCUT2D eigenvalue weighted by Crippen LogP contribution is -2.45. The fourth-order valence-electron chi connectivity index (χ4n) is 5.34. The molecule has 0 spiro atoms. The molecule has 1 saturated heterocycles. The predicted octanol–water partition coefficient (Wildman–Crippen LogP) is 6.35.